The zero-order chi connectivity index (χ0) is 20.9. The summed E-state index contributed by atoms with van der Waals surface area (Å²) in [7, 11) is 0. The van der Waals surface area contributed by atoms with Crippen LogP contribution >= 0.6 is 0 Å². The average molecular weight is 406 g/mol. The van der Waals surface area contributed by atoms with Gasteiger partial charge in [0.1, 0.15) is 11.6 Å². The molecule has 30 heavy (non-hydrogen) atoms. The molecule has 0 aliphatic carbocycles. The van der Waals surface area contributed by atoms with E-state index in [1.165, 1.54) is 6.07 Å². The van der Waals surface area contributed by atoms with E-state index in [2.05, 4.69) is 4.90 Å². The first-order valence-electron chi connectivity index (χ1n) is 10.2. The monoisotopic (exact) mass is 406 g/mol. The molecule has 1 aliphatic rings. The Balaban J connectivity index is 1.46. The molecule has 1 heterocycles. The van der Waals surface area contributed by atoms with Crippen LogP contribution in [-0.4, -0.2) is 41.9 Å². The van der Waals surface area contributed by atoms with E-state index in [0.717, 1.165) is 23.3 Å². The van der Waals surface area contributed by atoms with Gasteiger partial charge >= 0.3 is 0 Å². The minimum absolute atomic E-state index is 0.0731. The topological polar surface area (TPSA) is 23.6 Å². The molecule has 0 aromatic heterocycles. The molecule has 4 rings (SSSR count). The summed E-state index contributed by atoms with van der Waals surface area (Å²) < 4.78 is 27.4. The molecule has 0 spiro atoms. The van der Waals surface area contributed by atoms with E-state index in [0.29, 0.717) is 38.3 Å². The molecule has 0 atom stereocenters. The number of rotatable bonds is 5. The molecular formula is C25H24F2N2O. The van der Waals surface area contributed by atoms with Crippen molar-refractivity contribution in [3.05, 3.63) is 107 Å². The van der Waals surface area contributed by atoms with Crippen molar-refractivity contribution in [1.29, 1.82) is 0 Å². The fourth-order valence-electron chi connectivity index (χ4n) is 3.98. The Labute approximate surface area is 175 Å². The summed E-state index contributed by atoms with van der Waals surface area (Å²) >= 11 is 0. The molecule has 0 saturated carbocycles. The lowest BCUT2D eigenvalue weighted by Crippen LogP contribution is -2.49. The second kappa shape index (κ2) is 9.18. The summed E-state index contributed by atoms with van der Waals surface area (Å²) in [5.41, 5.74) is 2.29. The summed E-state index contributed by atoms with van der Waals surface area (Å²) in [6, 6.07) is 23.2. The molecule has 0 unspecified atom stereocenters. The minimum atomic E-state index is -0.436. The molecule has 1 fully saturated rings. The molecule has 1 saturated heterocycles. The van der Waals surface area contributed by atoms with Gasteiger partial charge in [0.15, 0.2) is 0 Å². The van der Waals surface area contributed by atoms with Crippen molar-refractivity contribution in [2.24, 2.45) is 0 Å². The zero-order valence-corrected chi connectivity index (χ0v) is 16.7. The van der Waals surface area contributed by atoms with Crippen molar-refractivity contribution in [3.8, 4) is 0 Å². The number of carbonyl (C=O) groups is 1. The molecule has 1 aliphatic heterocycles. The third-order valence-corrected chi connectivity index (χ3v) is 5.60. The predicted molar refractivity (Wildman–Crippen MR) is 113 cm³/mol. The smallest absolute Gasteiger partial charge is 0.234 e. The minimum Gasteiger partial charge on any atom is -0.339 e. The lowest BCUT2D eigenvalue weighted by molar-refractivity contribution is -0.133. The molecule has 0 N–H and O–H groups in total. The van der Waals surface area contributed by atoms with Crippen LogP contribution in [0.4, 0.5) is 8.78 Å². The van der Waals surface area contributed by atoms with E-state index < -0.39 is 11.6 Å². The molecule has 154 valence electrons. The van der Waals surface area contributed by atoms with E-state index in [1.54, 1.807) is 0 Å². The van der Waals surface area contributed by atoms with Crippen LogP contribution in [0.5, 0.6) is 0 Å². The van der Waals surface area contributed by atoms with E-state index >= 15 is 0 Å². The van der Waals surface area contributed by atoms with Gasteiger partial charge in [0.25, 0.3) is 0 Å². The lowest BCUT2D eigenvalue weighted by Gasteiger charge is -2.36. The van der Waals surface area contributed by atoms with Gasteiger partial charge in [-0.3, -0.25) is 9.69 Å². The Morgan fingerprint density at radius 2 is 1.37 bits per heavy atom. The van der Waals surface area contributed by atoms with Gasteiger partial charge in [0.2, 0.25) is 5.91 Å². The first-order chi connectivity index (χ1) is 14.6. The second-order valence-corrected chi connectivity index (χ2v) is 7.59. The van der Waals surface area contributed by atoms with E-state index in [4.69, 9.17) is 0 Å². The van der Waals surface area contributed by atoms with Crippen molar-refractivity contribution >= 4 is 5.91 Å². The normalized spacial score (nSPS) is 14.8. The zero-order valence-electron chi connectivity index (χ0n) is 16.7. The highest BCUT2D eigenvalue weighted by Crippen LogP contribution is 2.27. The van der Waals surface area contributed by atoms with E-state index in [1.807, 2.05) is 65.6 Å². The number of benzene rings is 3. The molecule has 5 heteroatoms. The molecule has 1 amide bonds. The highest BCUT2D eigenvalue weighted by atomic mass is 19.1. The largest absolute Gasteiger partial charge is 0.339 e. The number of carbonyl (C=O) groups excluding carboxylic acids is 1. The van der Waals surface area contributed by atoms with Crippen LogP contribution in [0, 0.1) is 11.6 Å². The van der Waals surface area contributed by atoms with Gasteiger partial charge in [0, 0.05) is 38.3 Å². The quantitative estimate of drug-likeness (QED) is 0.625. The van der Waals surface area contributed by atoms with Crippen LogP contribution < -0.4 is 0 Å². The molecule has 0 bridgehead atoms. The summed E-state index contributed by atoms with van der Waals surface area (Å²) in [6.07, 6.45) is 0. The summed E-state index contributed by atoms with van der Waals surface area (Å²) in [5, 5.41) is 0. The number of nitrogens with zero attached hydrogens (tertiary/aromatic N) is 2. The first-order valence-corrected chi connectivity index (χ1v) is 10.2. The average Bonchev–Trinajstić information content (AvgIpc) is 2.78. The summed E-state index contributed by atoms with van der Waals surface area (Å²) in [5.74, 6) is -1.11. The lowest BCUT2D eigenvalue weighted by atomic mass is 9.90. The highest BCUT2D eigenvalue weighted by Gasteiger charge is 2.29. The van der Waals surface area contributed by atoms with Crippen LogP contribution in [0.25, 0.3) is 0 Å². The van der Waals surface area contributed by atoms with E-state index in [9.17, 15) is 13.6 Å². The van der Waals surface area contributed by atoms with Crippen molar-refractivity contribution in [1.82, 2.24) is 9.80 Å². The van der Waals surface area contributed by atoms with Crippen molar-refractivity contribution in [2.45, 2.75) is 12.5 Å². The van der Waals surface area contributed by atoms with Gasteiger partial charge < -0.3 is 4.90 Å². The van der Waals surface area contributed by atoms with Crippen LogP contribution in [0.1, 0.15) is 22.6 Å². The fraction of sp³-hybridized carbons (Fsp3) is 0.240. The van der Waals surface area contributed by atoms with Gasteiger partial charge in [-0.05, 0) is 29.3 Å². The van der Waals surface area contributed by atoms with Gasteiger partial charge in [-0.2, -0.15) is 0 Å². The molecular weight excluding hydrogens is 382 g/mol. The van der Waals surface area contributed by atoms with Gasteiger partial charge in [-0.1, -0.05) is 60.7 Å². The van der Waals surface area contributed by atoms with Crippen LogP contribution in [0.3, 0.4) is 0 Å². The second-order valence-electron chi connectivity index (χ2n) is 7.59. The first kappa shape index (κ1) is 20.2. The van der Waals surface area contributed by atoms with Crippen LogP contribution in [-0.2, 0) is 11.3 Å². The Bertz CT molecular complexity index is 947. The molecule has 0 radical (unpaired) electrons. The number of amides is 1. The van der Waals surface area contributed by atoms with Crippen LogP contribution in [0.15, 0.2) is 78.9 Å². The maximum absolute atomic E-state index is 14.0. The Hall–Kier alpha value is -3.05. The Morgan fingerprint density at radius 3 is 1.93 bits per heavy atom. The van der Waals surface area contributed by atoms with Gasteiger partial charge in [-0.15, -0.1) is 0 Å². The predicted octanol–water partition coefficient (Wildman–Crippen LogP) is 4.44. The number of piperazine rings is 1. The molecule has 3 aromatic rings. The molecule has 3 aromatic carbocycles. The van der Waals surface area contributed by atoms with Gasteiger partial charge in [0.05, 0.1) is 5.92 Å². The summed E-state index contributed by atoms with van der Waals surface area (Å²) in [6.45, 7) is 2.71. The maximum Gasteiger partial charge on any atom is 0.234 e. The van der Waals surface area contributed by atoms with E-state index in [-0.39, 0.29) is 11.8 Å². The SMILES string of the molecule is O=C(C(c1ccccc1)c1ccccc1)N1CCN(Cc2cc(F)ccc2F)CC1. The summed E-state index contributed by atoms with van der Waals surface area (Å²) in [4.78, 5) is 17.4. The fourth-order valence-corrected chi connectivity index (χ4v) is 3.98. The third-order valence-electron chi connectivity index (χ3n) is 5.60. The van der Waals surface area contributed by atoms with Gasteiger partial charge in [-0.25, -0.2) is 8.78 Å². The third kappa shape index (κ3) is 4.57. The maximum atomic E-state index is 14.0. The number of halogens is 2. The Morgan fingerprint density at radius 1 is 0.800 bits per heavy atom. The van der Waals surface area contributed by atoms with Crippen molar-refractivity contribution < 1.29 is 13.6 Å². The standard InChI is InChI=1S/C25H24F2N2O/c26-22-11-12-23(27)21(17-22)18-28-13-15-29(16-14-28)25(30)24(19-7-3-1-4-8-19)20-9-5-2-6-10-20/h1-12,17,24H,13-16,18H2. The van der Waals surface area contributed by atoms with Crippen molar-refractivity contribution in [3.63, 3.8) is 0 Å². The highest BCUT2D eigenvalue weighted by molar-refractivity contribution is 5.87. The molecule has 3 nitrogen and oxygen atoms in total. The number of hydrogen-bond donors (Lipinski definition) is 0. The Kier molecular flexibility index (Phi) is 6.19. The number of hydrogen-bond acceptors (Lipinski definition) is 2. The van der Waals surface area contributed by atoms with Crippen LogP contribution in [0.2, 0.25) is 0 Å². The van der Waals surface area contributed by atoms with Crippen molar-refractivity contribution in [2.75, 3.05) is 26.2 Å².